The van der Waals surface area contributed by atoms with E-state index in [0.29, 0.717) is 13.1 Å². The van der Waals surface area contributed by atoms with E-state index in [-0.39, 0.29) is 18.2 Å². The van der Waals surface area contributed by atoms with Gasteiger partial charge in [-0.25, -0.2) is 4.39 Å². The Bertz CT molecular complexity index is 536. The van der Waals surface area contributed by atoms with Crippen molar-refractivity contribution in [3.05, 3.63) is 30.1 Å². The zero-order valence-corrected chi connectivity index (χ0v) is 11.2. The van der Waals surface area contributed by atoms with E-state index in [4.69, 9.17) is 5.11 Å². The van der Waals surface area contributed by atoms with Gasteiger partial charge in [0.2, 0.25) is 0 Å². The lowest BCUT2D eigenvalue weighted by Gasteiger charge is -2.31. The number of benzene rings is 1. The highest BCUT2D eigenvalue weighted by atomic mass is 32.2. The molecule has 1 aromatic rings. The lowest BCUT2D eigenvalue weighted by atomic mass is 10.0. The van der Waals surface area contributed by atoms with E-state index in [0.717, 1.165) is 18.9 Å². The number of piperidine rings is 1. The largest absolute Gasteiger partial charge is 0.396 e. The number of halogens is 1. The second-order valence-electron chi connectivity index (χ2n) is 4.67. The van der Waals surface area contributed by atoms with Crippen LogP contribution in [0.2, 0.25) is 0 Å². The van der Waals surface area contributed by atoms with Crippen LogP contribution in [0.25, 0.3) is 0 Å². The summed E-state index contributed by atoms with van der Waals surface area (Å²) in [6, 6.07) is 5.32. The number of aliphatic hydroxyl groups is 1. The highest BCUT2D eigenvalue weighted by Crippen LogP contribution is 2.20. The molecule has 1 unspecified atom stereocenters. The van der Waals surface area contributed by atoms with Crippen LogP contribution in [0.3, 0.4) is 0 Å². The fourth-order valence-corrected chi connectivity index (χ4v) is 3.49. The molecule has 1 aliphatic rings. The van der Waals surface area contributed by atoms with Crippen LogP contribution in [0.1, 0.15) is 12.8 Å². The van der Waals surface area contributed by atoms with E-state index in [1.54, 1.807) is 0 Å². The molecule has 106 valence electrons. The van der Waals surface area contributed by atoms with Crippen LogP contribution < -0.4 is 4.72 Å². The second-order valence-corrected chi connectivity index (χ2v) is 6.34. The predicted molar refractivity (Wildman–Crippen MR) is 70.3 cm³/mol. The summed E-state index contributed by atoms with van der Waals surface area (Å²) in [6.45, 7) is 0.689. The first-order valence-electron chi connectivity index (χ1n) is 6.15. The van der Waals surface area contributed by atoms with Gasteiger partial charge in [0.15, 0.2) is 0 Å². The van der Waals surface area contributed by atoms with E-state index in [9.17, 15) is 12.8 Å². The molecule has 5 nitrogen and oxygen atoms in total. The van der Waals surface area contributed by atoms with Gasteiger partial charge < -0.3 is 5.11 Å². The van der Waals surface area contributed by atoms with Crippen LogP contribution in [-0.4, -0.2) is 37.5 Å². The Morgan fingerprint density at radius 1 is 1.47 bits per heavy atom. The molecule has 2 N–H and O–H groups in total. The zero-order chi connectivity index (χ0) is 13.9. The van der Waals surface area contributed by atoms with Gasteiger partial charge in [0.25, 0.3) is 0 Å². The Morgan fingerprint density at radius 3 is 2.95 bits per heavy atom. The van der Waals surface area contributed by atoms with Gasteiger partial charge in [0, 0.05) is 19.7 Å². The first-order valence-corrected chi connectivity index (χ1v) is 7.59. The van der Waals surface area contributed by atoms with Crippen molar-refractivity contribution in [2.45, 2.75) is 12.8 Å². The number of hydrogen-bond donors (Lipinski definition) is 2. The molecule has 2 rings (SSSR count). The Balaban J connectivity index is 2.09. The second kappa shape index (κ2) is 5.85. The van der Waals surface area contributed by atoms with Gasteiger partial charge in [-0.15, -0.1) is 0 Å². The lowest BCUT2D eigenvalue weighted by molar-refractivity contribution is 0.166. The Kier molecular flexibility index (Phi) is 4.38. The van der Waals surface area contributed by atoms with Gasteiger partial charge in [-0.1, -0.05) is 6.07 Å². The highest BCUT2D eigenvalue weighted by molar-refractivity contribution is 7.90. The predicted octanol–water partition coefficient (Wildman–Crippen LogP) is 1.19. The fraction of sp³-hybridized carbons (Fsp3) is 0.500. The number of nitrogens with zero attached hydrogens (tertiary/aromatic N) is 1. The van der Waals surface area contributed by atoms with Crippen molar-refractivity contribution >= 4 is 15.9 Å². The van der Waals surface area contributed by atoms with Gasteiger partial charge >= 0.3 is 10.2 Å². The van der Waals surface area contributed by atoms with Crippen molar-refractivity contribution in [3.8, 4) is 0 Å². The molecule has 0 spiro atoms. The molecule has 1 aromatic carbocycles. The van der Waals surface area contributed by atoms with Crippen molar-refractivity contribution in [2.75, 3.05) is 24.4 Å². The topological polar surface area (TPSA) is 69.6 Å². The van der Waals surface area contributed by atoms with Crippen LogP contribution in [0.15, 0.2) is 24.3 Å². The summed E-state index contributed by atoms with van der Waals surface area (Å²) < 4.78 is 40.9. The van der Waals surface area contributed by atoms with Gasteiger partial charge in [-0.05, 0) is 37.0 Å². The summed E-state index contributed by atoms with van der Waals surface area (Å²) in [5.74, 6) is -0.523. The summed E-state index contributed by atoms with van der Waals surface area (Å²) in [6.07, 6.45) is 1.54. The molecule has 19 heavy (non-hydrogen) atoms. The summed E-state index contributed by atoms with van der Waals surface area (Å²) in [5, 5.41) is 9.11. The maximum Gasteiger partial charge on any atom is 0.301 e. The van der Waals surface area contributed by atoms with Crippen molar-refractivity contribution in [3.63, 3.8) is 0 Å². The molecule has 1 saturated heterocycles. The molecule has 0 saturated carbocycles. The quantitative estimate of drug-likeness (QED) is 0.874. The molecule has 0 aromatic heterocycles. The summed E-state index contributed by atoms with van der Waals surface area (Å²) in [4.78, 5) is 0. The number of rotatable bonds is 4. The van der Waals surface area contributed by atoms with E-state index in [2.05, 4.69) is 4.72 Å². The minimum absolute atomic E-state index is 0.0218. The van der Waals surface area contributed by atoms with Crippen LogP contribution >= 0.6 is 0 Å². The zero-order valence-electron chi connectivity index (χ0n) is 10.4. The molecule has 1 aliphatic heterocycles. The third kappa shape index (κ3) is 3.65. The van der Waals surface area contributed by atoms with Crippen LogP contribution in [0, 0.1) is 11.7 Å². The Hall–Kier alpha value is -1.18. The number of aliphatic hydroxyl groups excluding tert-OH is 1. The van der Waals surface area contributed by atoms with Gasteiger partial charge in [-0.2, -0.15) is 12.7 Å². The Labute approximate surface area is 112 Å². The number of anilines is 1. The van der Waals surface area contributed by atoms with Crippen molar-refractivity contribution < 1.29 is 17.9 Å². The van der Waals surface area contributed by atoms with E-state index < -0.39 is 16.0 Å². The maximum absolute atomic E-state index is 13.0. The first kappa shape index (κ1) is 14.2. The summed E-state index contributed by atoms with van der Waals surface area (Å²) >= 11 is 0. The first-order chi connectivity index (χ1) is 9.01. The van der Waals surface area contributed by atoms with E-state index in [1.807, 2.05) is 0 Å². The SMILES string of the molecule is O=S(=O)(Nc1cccc(F)c1)N1CCCC(CO)C1. The molecule has 0 radical (unpaired) electrons. The molecule has 1 fully saturated rings. The van der Waals surface area contributed by atoms with Crippen molar-refractivity contribution in [1.29, 1.82) is 0 Å². The molecular formula is C12H17FN2O3S. The lowest BCUT2D eigenvalue weighted by Crippen LogP contribution is -2.43. The average Bonchev–Trinajstić information content (AvgIpc) is 2.38. The minimum atomic E-state index is -3.69. The Morgan fingerprint density at radius 2 is 2.26 bits per heavy atom. The number of hydrogen-bond acceptors (Lipinski definition) is 3. The molecule has 0 amide bonds. The highest BCUT2D eigenvalue weighted by Gasteiger charge is 2.28. The third-order valence-electron chi connectivity index (χ3n) is 3.15. The molecule has 1 atom stereocenters. The van der Waals surface area contributed by atoms with Crippen molar-refractivity contribution in [1.82, 2.24) is 4.31 Å². The van der Waals surface area contributed by atoms with Crippen LogP contribution in [-0.2, 0) is 10.2 Å². The molecule has 1 heterocycles. The smallest absolute Gasteiger partial charge is 0.301 e. The molecule has 0 bridgehead atoms. The molecule has 0 aliphatic carbocycles. The fourth-order valence-electron chi connectivity index (χ4n) is 2.16. The summed E-state index contributed by atoms with van der Waals surface area (Å²) in [7, 11) is -3.69. The third-order valence-corrected chi connectivity index (χ3v) is 4.66. The standard InChI is InChI=1S/C12H17FN2O3S/c13-11-4-1-5-12(7-11)14-19(17,18)15-6-2-3-10(8-15)9-16/h1,4-5,7,10,14,16H,2-3,6,8-9H2. The number of nitrogens with one attached hydrogen (secondary N) is 1. The molecule has 7 heteroatoms. The van der Waals surface area contributed by atoms with Crippen LogP contribution in [0.4, 0.5) is 10.1 Å². The normalized spacial score (nSPS) is 21.3. The monoisotopic (exact) mass is 288 g/mol. The summed E-state index contributed by atoms with van der Waals surface area (Å²) in [5.41, 5.74) is 0.200. The van der Waals surface area contributed by atoms with Gasteiger partial charge in [-0.3, -0.25) is 4.72 Å². The van der Waals surface area contributed by atoms with Crippen molar-refractivity contribution in [2.24, 2.45) is 5.92 Å². The average molecular weight is 288 g/mol. The van der Waals surface area contributed by atoms with Crippen LogP contribution in [0.5, 0.6) is 0 Å². The maximum atomic E-state index is 13.0. The minimum Gasteiger partial charge on any atom is -0.396 e. The van der Waals surface area contributed by atoms with E-state index in [1.165, 1.54) is 22.5 Å². The van der Waals surface area contributed by atoms with E-state index >= 15 is 0 Å². The molecular weight excluding hydrogens is 271 g/mol. The van der Waals surface area contributed by atoms with Gasteiger partial charge in [0.05, 0.1) is 5.69 Å². The van der Waals surface area contributed by atoms with Gasteiger partial charge in [0.1, 0.15) is 5.82 Å².